The molecule has 0 radical (unpaired) electrons. The monoisotopic (exact) mass is 286 g/mol. The second-order valence-corrected chi connectivity index (χ2v) is 6.44. The summed E-state index contributed by atoms with van der Waals surface area (Å²) in [4.78, 5) is 2.48. The van der Waals surface area contributed by atoms with Gasteiger partial charge >= 0.3 is 0 Å². The molecular weight excluding hydrogens is 267 g/mol. The van der Waals surface area contributed by atoms with E-state index >= 15 is 0 Å². The Kier molecular flexibility index (Phi) is 5.27. The molecule has 1 aromatic rings. The van der Waals surface area contributed by atoms with Gasteiger partial charge in [-0.1, -0.05) is 13.2 Å². The number of thiophene rings is 1. The molecule has 1 aromatic heterocycles. The fourth-order valence-corrected chi connectivity index (χ4v) is 3.33. The van der Waals surface area contributed by atoms with E-state index in [9.17, 15) is 0 Å². The zero-order valence-corrected chi connectivity index (χ0v) is 12.8. The van der Waals surface area contributed by atoms with Crippen molar-refractivity contribution in [3.8, 4) is 11.5 Å². The van der Waals surface area contributed by atoms with Crippen LogP contribution in [-0.4, -0.2) is 32.9 Å². The minimum Gasteiger partial charge on any atom is -0.485 e. The Morgan fingerprint density at radius 3 is 3.06 bits per heavy atom. The lowest BCUT2D eigenvalue weighted by atomic mass is 10.1. The molecule has 0 fully saturated rings. The minimum absolute atomic E-state index is 0.0150. The average Bonchev–Trinajstić information content (AvgIpc) is 2.71. The number of hydrogen-bond acceptors (Lipinski definition) is 5. The van der Waals surface area contributed by atoms with Crippen LogP contribution in [-0.2, 0) is 10.6 Å². The number of rotatable bonds is 6. The summed E-state index contributed by atoms with van der Waals surface area (Å²) in [5.41, 5.74) is 0. The number of fused-ring (bicyclic) bond motifs is 1. The molecule has 3 nitrogen and oxygen atoms in total. The van der Waals surface area contributed by atoms with Gasteiger partial charge in [0.1, 0.15) is 21.1 Å². The van der Waals surface area contributed by atoms with Gasteiger partial charge in [-0.05, 0) is 25.4 Å². The van der Waals surface area contributed by atoms with E-state index in [0.29, 0.717) is 13.2 Å². The van der Waals surface area contributed by atoms with Crippen LogP contribution in [0, 0.1) is 6.92 Å². The smallest absolute Gasteiger partial charge is 0.176 e. The first-order chi connectivity index (χ1) is 8.76. The molecule has 2 rings (SSSR count). The van der Waals surface area contributed by atoms with Gasteiger partial charge in [0.05, 0.1) is 4.88 Å². The van der Waals surface area contributed by atoms with E-state index in [1.54, 1.807) is 11.3 Å². The highest BCUT2D eigenvalue weighted by atomic mass is 32.2. The number of ether oxygens (including phenoxy) is 2. The third kappa shape index (κ3) is 3.16. The summed E-state index contributed by atoms with van der Waals surface area (Å²) in [5, 5.41) is 0. The van der Waals surface area contributed by atoms with Crippen LogP contribution in [0.25, 0.3) is 0 Å². The van der Waals surface area contributed by atoms with Crippen molar-refractivity contribution in [2.24, 2.45) is 0 Å². The summed E-state index contributed by atoms with van der Waals surface area (Å²) in [6, 6.07) is 0. The van der Waals surface area contributed by atoms with E-state index < -0.39 is 0 Å². The maximum Gasteiger partial charge on any atom is 0.176 e. The molecule has 1 aliphatic heterocycles. The van der Waals surface area contributed by atoms with Crippen molar-refractivity contribution < 1.29 is 13.7 Å². The molecule has 0 spiro atoms. The molecule has 0 bridgehead atoms. The van der Waals surface area contributed by atoms with Crippen LogP contribution in [0.2, 0.25) is 6.32 Å². The van der Waals surface area contributed by atoms with Crippen LogP contribution in [0.5, 0.6) is 11.5 Å². The molecule has 0 aliphatic carbocycles. The largest absolute Gasteiger partial charge is 0.485 e. The van der Waals surface area contributed by atoms with Crippen molar-refractivity contribution in [1.29, 1.82) is 0 Å². The maximum atomic E-state index is 6.00. The Morgan fingerprint density at radius 2 is 2.33 bits per heavy atom. The Morgan fingerprint density at radius 1 is 1.50 bits per heavy atom. The summed E-state index contributed by atoms with van der Waals surface area (Å²) in [6.45, 7) is 5.40. The zero-order chi connectivity index (χ0) is 13.0. The zero-order valence-electron chi connectivity index (χ0n) is 11.2. The molecule has 100 valence electrons. The summed E-state index contributed by atoms with van der Waals surface area (Å²) >= 11 is 3.28. The lowest BCUT2D eigenvalue weighted by Crippen LogP contribution is -2.32. The first kappa shape index (κ1) is 14.1. The Bertz CT molecular complexity index is 395. The van der Waals surface area contributed by atoms with Crippen molar-refractivity contribution in [3.05, 3.63) is 9.75 Å². The Balaban J connectivity index is 1.92. The van der Waals surface area contributed by atoms with Crippen molar-refractivity contribution in [3.63, 3.8) is 0 Å². The van der Waals surface area contributed by atoms with Crippen molar-refractivity contribution in [2.75, 3.05) is 19.0 Å². The van der Waals surface area contributed by atoms with E-state index in [-0.39, 0.29) is 6.10 Å². The minimum atomic E-state index is 0.0150. The highest BCUT2D eigenvalue weighted by Gasteiger charge is 2.27. The quantitative estimate of drug-likeness (QED) is 0.456. The predicted molar refractivity (Wildman–Crippen MR) is 80.1 cm³/mol. The Hall–Kier alpha value is -0.325. The van der Waals surface area contributed by atoms with E-state index in [0.717, 1.165) is 30.0 Å². The lowest BCUT2D eigenvalue weighted by molar-refractivity contribution is 0.0595. The number of hydrogen-bond donors (Lipinski definition) is 0. The van der Waals surface area contributed by atoms with Crippen LogP contribution < -0.4 is 9.47 Å². The van der Waals surface area contributed by atoms with Gasteiger partial charge in [-0.3, -0.25) is 0 Å². The number of aryl methyl sites for hydroxylation is 2. The molecule has 2 heterocycles. The van der Waals surface area contributed by atoms with Crippen LogP contribution in [0.1, 0.15) is 16.7 Å². The van der Waals surface area contributed by atoms with Crippen molar-refractivity contribution in [2.45, 2.75) is 32.7 Å². The van der Waals surface area contributed by atoms with E-state index in [1.165, 1.54) is 21.8 Å². The summed E-state index contributed by atoms with van der Waals surface area (Å²) in [5.74, 6) is 2.91. The fourth-order valence-electron chi connectivity index (χ4n) is 1.81. The Labute approximate surface area is 118 Å². The molecule has 18 heavy (non-hydrogen) atoms. The molecule has 0 saturated heterocycles. The highest BCUT2D eigenvalue weighted by molar-refractivity contribution is 7.94. The predicted octanol–water partition coefficient (Wildman–Crippen LogP) is 2.47. The first-order valence-corrected chi connectivity index (χ1v) is 8.15. The molecule has 6 heteroatoms. The molecule has 0 aromatic carbocycles. The molecule has 0 N–H and O–H groups in total. The third-order valence-corrected chi connectivity index (χ3v) is 4.79. The molecule has 1 atom stereocenters. The van der Waals surface area contributed by atoms with Crippen molar-refractivity contribution >= 4 is 31.2 Å². The summed E-state index contributed by atoms with van der Waals surface area (Å²) in [6.07, 6.45) is 2.13. The van der Waals surface area contributed by atoms with E-state index in [4.69, 9.17) is 13.7 Å². The lowest BCUT2D eigenvalue weighted by Gasteiger charge is -2.25. The van der Waals surface area contributed by atoms with Gasteiger partial charge in [0, 0.05) is 10.6 Å². The fraction of sp³-hybridized carbons (Fsp3) is 0.667. The second kappa shape index (κ2) is 6.73. The average molecular weight is 286 g/mol. The normalized spacial score (nSPS) is 18.0. The third-order valence-electron chi connectivity index (χ3n) is 2.70. The molecule has 0 saturated carbocycles. The standard InChI is InChI=1S/C12H19BO3S2/c1-3-10-12-11(8(2)18-10)14-6-9(16-12)7-15-17-5-4-13/h9H,3-7,13H2,1-2H3. The van der Waals surface area contributed by atoms with Crippen LogP contribution >= 0.6 is 23.4 Å². The van der Waals surface area contributed by atoms with Crippen LogP contribution in [0.4, 0.5) is 0 Å². The van der Waals surface area contributed by atoms with E-state index in [1.807, 2.05) is 0 Å². The van der Waals surface area contributed by atoms with Crippen LogP contribution in [0.15, 0.2) is 0 Å². The van der Waals surface area contributed by atoms with Gasteiger partial charge in [-0.25, -0.2) is 0 Å². The highest BCUT2D eigenvalue weighted by Crippen LogP contribution is 2.44. The van der Waals surface area contributed by atoms with Gasteiger partial charge in [0.2, 0.25) is 0 Å². The second-order valence-electron chi connectivity index (χ2n) is 4.25. The van der Waals surface area contributed by atoms with E-state index in [2.05, 4.69) is 21.7 Å². The SMILES string of the molecule is BCCSOCC1COc2c(C)sc(CC)c2O1. The van der Waals surface area contributed by atoms with Gasteiger partial charge in [-0.2, -0.15) is 0 Å². The van der Waals surface area contributed by atoms with Gasteiger partial charge < -0.3 is 13.7 Å². The molecular formula is C12H19BO3S2. The van der Waals surface area contributed by atoms with Crippen LogP contribution in [0.3, 0.4) is 0 Å². The molecule has 1 unspecified atom stereocenters. The van der Waals surface area contributed by atoms with Crippen molar-refractivity contribution in [1.82, 2.24) is 0 Å². The summed E-state index contributed by atoms with van der Waals surface area (Å²) in [7, 11) is 2.14. The van der Waals surface area contributed by atoms with Gasteiger partial charge in [0.25, 0.3) is 0 Å². The van der Waals surface area contributed by atoms with Gasteiger partial charge in [0.15, 0.2) is 17.6 Å². The van der Waals surface area contributed by atoms with Gasteiger partial charge in [-0.15, -0.1) is 11.3 Å². The summed E-state index contributed by atoms with van der Waals surface area (Å²) < 4.78 is 17.3. The maximum absolute atomic E-state index is 6.00. The molecule has 1 aliphatic rings. The molecule has 0 amide bonds. The topological polar surface area (TPSA) is 27.7 Å². The first-order valence-electron chi connectivity index (χ1n) is 6.42.